The van der Waals surface area contributed by atoms with E-state index in [0.29, 0.717) is 24.0 Å². The minimum absolute atomic E-state index is 0.0776. The van der Waals surface area contributed by atoms with E-state index in [1.165, 1.54) is 23.0 Å². The molecular formula is C22H20N2O6. The van der Waals surface area contributed by atoms with Gasteiger partial charge in [0.05, 0.1) is 25.0 Å². The Morgan fingerprint density at radius 3 is 2.37 bits per heavy atom. The Balaban J connectivity index is 1.34. The van der Waals surface area contributed by atoms with Crippen LogP contribution in [0.3, 0.4) is 0 Å². The van der Waals surface area contributed by atoms with Crippen molar-refractivity contribution in [3.05, 3.63) is 52.4 Å². The van der Waals surface area contributed by atoms with Gasteiger partial charge in [0.2, 0.25) is 11.8 Å². The molecule has 3 amide bonds. The van der Waals surface area contributed by atoms with Crippen LogP contribution in [0.25, 0.3) is 11.0 Å². The molecule has 0 saturated carbocycles. The first-order valence-electron chi connectivity index (χ1n) is 9.91. The highest BCUT2D eigenvalue weighted by atomic mass is 16.5. The van der Waals surface area contributed by atoms with Crippen molar-refractivity contribution in [2.24, 2.45) is 11.8 Å². The number of benzene rings is 1. The van der Waals surface area contributed by atoms with Gasteiger partial charge in [0, 0.05) is 18.5 Å². The summed E-state index contributed by atoms with van der Waals surface area (Å²) < 4.78 is 10.5. The molecule has 2 unspecified atom stereocenters. The number of carbonyl (C=O) groups excluding carboxylic acids is 3. The van der Waals surface area contributed by atoms with Crippen LogP contribution in [0.5, 0.6) is 5.75 Å². The predicted molar refractivity (Wildman–Crippen MR) is 106 cm³/mol. The first-order chi connectivity index (χ1) is 14.5. The van der Waals surface area contributed by atoms with Crippen LogP contribution >= 0.6 is 0 Å². The van der Waals surface area contributed by atoms with Gasteiger partial charge in [-0.1, -0.05) is 24.3 Å². The summed E-state index contributed by atoms with van der Waals surface area (Å²) in [6.45, 7) is 0.442. The van der Waals surface area contributed by atoms with Gasteiger partial charge in [-0.25, -0.2) is 4.79 Å². The molecule has 1 aliphatic carbocycles. The lowest BCUT2D eigenvalue weighted by atomic mass is 9.85. The van der Waals surface area contributed by atoms with Gasteiger partial charge in [0.25, 0.3) is 5.91 Å². The van der Waals surface area contributed by atoms with Crippen molar-refractivity contribution in [1.82, 2.24) is 9.80 Å². The zero-order chi connectivity index (χ0) is 21.0. The number of hydrogen-bond donors (Lipinski definition) is 0. The van der Waals surface area contributed by atoms with E-state index < -0.39 is 11.5 Å². The zero-order valence-electron chi connectivity index (χ0n) is 16.4. The van der Waals surface area contributed by atoms with Crippen LogP contribution < -0.4 is 10.4 Å². The Morgan fingerprint density at radius 1 is 1.07 bits per heavy atom. The van der Waals surface area contributed by atoms with E-state index in [9.17, 15) is 19.2 Å². The molecule has 0 bridgehead atoms. The molecule has 2 saturated heterocycles. The topological polar surface area (TPSA) is 97.1 Å². The Labute approximate surface area is 171 Å². The Kier molecular flexibility index (Phi) is 4.23. The molecule has 0 spiro atoms. The third kappa shape index (κ3) is 2.67. The molecule has 5 rings (SSSR count). The second kappa shape index (κ2) is 6.83. The van der Waals surface area contributed by atoms with Crippen LogP contribution in [0.2, 0.25) is 0 Å². The number of methoxy groups -OCH3 is 1. The fraction of sp³-hybridized carbons (Fsp3) is 0.364. The smallest absolute Gasteiger partial charge is 0.349 e. The lowest BCUT2D eigenvalue weighted by Crippen LogP contribution is -2.62. The number of ether oxygens (including phenoxy) is 1. The number of likely N-dealkylation sites (tertiary alicyclic amines) is 2. The third-order valence-electron chi connectivity index (χ3n) is 6.23. The molecule has 2 aromatic rings. The fourth-order valence-corrected chi connectivity index (χ4v) is 4.57. The molecule has 2 atom stereocenters. The van der Waals surface area contributed by atoms with Gasteiger partial charge in [0.15, 0.2) is 11.3 Å². The van der Waals surface area contributed by atoms with Gasteiger partial charge in [-0.15, -0.1) is 0 Å². The van der Waals surface area contributed by atoms with Crippen molar-refractivity contribution >= 4 is 28.7 Å². The maximum atomic E-state index is 12.9. The largest absolute Gasteiger partial charge is 0.493 e. The summed E-state index contributed by atoms with van der Waals surface area (Å²) in [7, 11) is 1.47. The summed E-state index contributed by atoms with van der Waals surface area (Å²) >= 11 is 0. The molecule has 2 fully saturated rings. The molecule has 8 heteroatoms. The second-order valence-corrected chi connectivity index (χ2v) is 7.89. The number of amides is 3. The Hall–Kier alpha value is -3.42. The molecule has 2 aliphatic heterocycles. The quantitative estimate of drug-likeness (QED) is 0.435. The summed E-state index contributed by atoms with van der Waals surface area (Å²) in [5.74, 6) is -0.922. The second-order valence-electron chi connectivity index (χ2n) is 7.89. The monoisotopic (exact) mass is 408 g/mol. The molecule has 154 valence electrons. The summed E-state index contributed by atoms with van der Waals surface area (Å²) in [4.78, 5) is 53.4. The van der Waals surface area contributed by atoms with Crippen molar-refractivity contribution in [2.45, 2.75) is 18.9 Å². The van der Waals surface area contributed by atoms with Crippen molar-refractivity contribution in [3.8, 4) is 5.75 Å². The van der Waals surface area contributed by atoms with Gasteiger partial charge >= 0.3 is 5.63 Å². The van der Waals surface area contributed by atoms with E-state index in [1.54, 1.807) is 18.2 Å². The lowest BCUT2D eigenvalue weighted by Gasteiger charge is -2.43. The summed E-state index contributed by atoms with van der Waals surface area (Å²) in [5, 5.41) is 0.579. The number of fused-ring (bicyclic) bond motifs is 2. The highest BCUT2D eigenvalue weighted by Gasteiger charge is 2.52. The molecule has 1 aromatic carbocycles. The number of allylic oxidation sites excluding steroid dienone is 2. The van der Waals surface area contributed by atoms with Crippen molar-refractivity contribution in [2.75, 3.05) is 20.2 Å². The van der Waals surface area contributed by atoms with Crippen LogP contribution in [-0.4, -0.2) is 53.8 Å². The van der Waals surface area contributed by atoms with Crippen LogP contribution in [0.15, 0.2) is 45.6 Å². The minimum atomic E-state index is -0.745. The Morgan fingerprint density at radius 2 is 1.73 bits per heavy atom. The number of para-hydroxylation sites is 1. The van der Waals surface area contributed by atoms with Gasteiger partial charge in [-0.05, 0) is 25.0 Å². The maximum Gasteiger partial charge on any atom is 0.349 e. The number of carbonyl (C=O) groups is 3. The summed E-state index contributed by atoms with van der Waals surface area (Å²) in [5.41, 5.74) is -0.537. The summed E-state index contributed by atoms with van der Waals surface area (Å²) in [6, 6.07) is 6.30. The summed E-state index contributed by atoms with van der Waals surface area (Å²) in [6.07, 6.45) is 5.06. The van der Waals surface area contributed by atoms with Gasteiger partial charge in [-0.3, -0.25) is 19.3 Å². The number of nitrogens with zero attached hydrogens (tertiary/aromatic N) is 2. The predicted octanol–water partition coefficient (Wildman–Crippen LogP) is 1.58. The number of imide groups is 1. The van der Waals surface area contributed by atoms with E-state index >= 15 is 0 Å². The maximum absolute atomic E-state index is 12.9. The van der Waals surface area contributed by atoms with Gasteiger partial charge in [-0.2, -0.15) is 0 Å². The average Bonchev–Trinajstić information content (AvgIpc) is 2.97. The normalized spacial score (nSPS) is 23.6. The van der Waals surface area contributed by atoms with Crippen molar-refractivity contribution in [3.63, 3.8) is 0 Å². The molecule has 1 aromatic heterocycles. The van der Waals surface area contributed by atoms with Crippen molar-refractivity contribution < 1.29 is 23.5 Å². The van der Waals surface area contributed by atoms with Crippen molar-refractivity contribution in [1.29, 1.82) is 0 Å². The van der Waals surface area contributed by atoms with Crippen LogP contribution in [0, 0.1) is 11.8 Å². The molecule has 30 heavy (non-hydrogen) atoms. The molecule has 8 nitrogen and oxygen atoms in total. The third-order valence-corrected chi connectivity index (χ3v) is 6.23. The highest BCUT2D eigenvalue weighted by Crippen LogP contribution is 2.37. The minimum Gasteiger partial charge on any atom is -0.493 e. The first kappa shape index (κ1) is 18.6. The molecule has 0 radical (unpaired) electrons. The fourth-order valence-electron chi connectivity index (χ4n) is 4.57. The van der Waals surface area contributed by atoms with Gasteiger partial charge < -0.3 is 14.1 Å². The van der Waals surface area contributed by atoms with Crippen LogP contribution in [0.1, 0.15) is 23.2 Å². The molecular weight excluding hydrogens is 388 g/mol. The lowest BCUT2D eigenvalue weighted by molar-refractivity contribution is -0.145. The molecule has 3 aliphatic rings. The Bertz CT molecular complexity index is 1130. The van der Waals surface area contributed by atoms with Gasteiger partial charge in [0.1, 0.15) is 5.56 Å². The highest BCUT2D eigenvalue weighted by molar-refractivity contribution is 6.06. The average molecular weight is 408 g/mol. The first-order valence-corrected chi connectivity index (χ1v) is 9.91. The van der Waals surface area contributed by atoms with E-state index in [0.717, 1.165) is 0 Å². The molecule has 3 heterocycles. The van der Waals surface area contributed by atoms with Crippen LogP contribution in [-0.2, 0) is 9.59 Å². The number of rotatable bonds is 3. The van der Waals surface area contributed by atoms with E-state index in [2.05, 4.69) is 0 Å². The van der Waals surface area contributed by atoms with Crippen LogP contribution in [0.4, 0.5) is 0 Å². The SMILES string of the molecule is COc1cccc2cc(C(=O)N3CC(N4C(=O)C5CC=CCC5C4=O)C3)c(=O)oc12. The number of hydrogen-bond acceptors (Lipinski definition) is 6. The zero-order valence-corrected chi connectivity index (χ0v) is 16.4. The standard InChI is InChI=1S/C22H20N2O6/c1-29-17-8-4-5-12-9-16(22(28)30-18(12)17)19(25)23-10-13(11-23)24-20(26)14-6-2-3-7-15(14)21(24)27/h2-5,8-9,13-15H,6-7,10-11H2,1H3. The van der Waals surface area contributed by atoms with E-state index in [-0.39, 0.29) is 53.9 Å². The van der Waals surface area contributed by atoms with E-state index in [1.807, 2.05) is 12.2 Å². The molecule has 0 N–H and O–H groups in total. The van der Waals surface area contributed by atoms with E-state index in [4.69, 9.17) is 9.15 Å².